The Kier molecular flexibility index (Phi) is 7.00. The average Bonchev–Trinajstić information content (AvgIpc) is 3.66. The van der Waals surface area contributed by atoms with E-state index < -0.39 is 0 Å². The molecule has 1 atom stereocenters. The molecule has 2 N–H and O–H groups in total. The minimum atomic E-state index is -0.0389. The zero-order valence-electron chi connectivity index (χ0n) is 18.5. The SMILES string of the molecule is C[C@H](CC(=O)NCc1ccccc1-c1ccccc1C(=O)NCC1CC1)c1ccccc1. The summed E-state index contributed by atoms with van der Waals surface area (Å²) in [6, 6.07) is 25.7. The summed E-state index contributed by atoms with van der Waals surface area (Å²) >= 11 is 0. The van der Waals surface area contributed by atoms with Gasteiger partial charge in [0.25, 0.3) is 5.91 Å². The molecule has 1 saturated carbocycles. The number of carbonyl (C=O) groups is 2. The van der Waals surface area contributed by atoms with E-state index in [-0.39, 0.29) is 17.7 Å². The molecule has 164 valence electrons. The molecule has 0 spiro atoms. The third kappa shape index (κ3) is 5.64. The normalized spacial score (nSPS) is 13.9. The van der Waals surface area contributed by atoms with Crippen LogP contribution in [0.15, 0.2) is 78.9 Å². The summed E-state index contributed by atoms with van der Waals surface area (Å²) in [4.78, 5) is 25.4. The van der Waals surface area contributed by atoms with Gasteiger partial charge >= 0.3 is 0 Å². The largest absolute Gasteiger partial charge is 0.352 e. The predicted molar refractivity (Wildman–Crippen MR) is 128 cm³/mol. The van der Waals surface area contributed by atoms with Crippen LogP contribution in [-0.2, 0) is 11.3 Å². The van der Waals surface area contributed by atoms with Gasteiger partial charge in [0.05, 0.1) is 0 Å². The maximum atomic E-state index is 12.8. The molecule has 32 heavy (non-hydrogen) atoms. The molecule has 0 heterocycles. The van der Waals surface area contributed by atoms with E-state index in [1.807, 2.05) is 66.7 Å². The summed E-state index contributed by atoms with van der Waals surface area (Å²) in [6.07, 6.45) is 2.84. The fraction of sp³-hybridized carbons (Fsp3) is 0.286. The van der Waals surface area contributed by atoms with Crippen LogP contribution in [0.1, 0.15) is 53.6 Å². The van der Waals surface area contributed by atoms with Crippen molar-refractivity contribution in [3.8, 4) is 11.1 Å². The summed E-state index contributed by atoms with van der Waals surface area (Å²) in [7, 11) is 0. The molecule has 1 aliphatic carbocycles. The Morgan fingerprint density at radius 2 is 1.50 bits per heavy atom. The topological polar surface area (TPSA) is 58.2 Å². The quantitative estimate of drug-likeness (QED) is 0.488. The van der Waals surface area contributed by atoms with Gasteiger partial charge in [0.1, 0.15) is 0 Å². The second-order valence-electron chi connectivity index (χ2n) is 8.65. The Labute approximate surface area is 190 Å². The van der Waals surface area contributed by atoms with Crippen molar-refractivity contribution < 1.29 is 9.59 Å². The first-order chi connectivity index (χ1) is 15.6. The van der Waals surface area contributed by atoms with E-state index in [4.69, 9.17) is 0 Å². The highest BCUT2D eigenvalue weighted by molar-refractivity contribution is 6.01. The van der Waals surface area contributed by atoms with Gasteiger partial charge in [-0.25, -0.2) is 0 Å². The standard InChI is InChI=1S/C28H30N2O2/c1-20(22-9-3-2-4-10-22)17-27(31)29-19-23-11-5-6-12-24(23)25-13-7-8-14-26(25)28(32)30-18-21-15-16-21/h2-14,20-21H,15-19H2,1H3,(H,29,31)(H,30,32)/t20-/m1/s1. The van der Waals surface area contributed by atoms with Crippen LogP contribution < -0.4 is 10.6 Å². The van der Waals surface area contributed by atoms with Crippen LogP contribution in [0.25, 0.3) is 11.1 Å². The van der Waals surface area contributed by atoms with Gasteiger partial charge < -0.3 is 10.6 Å². The Hall–Kier alpha value is -3.40. The lowest BCUT2D eigenvalue weighted by Crippen LogP contribution is -2.26. The predicted octanol–water partition coefficient (Wildman–Crippen LogP) is 5.30. The van der Waals surface area contributed by atoms with Crippen molar-refractivity contribution in [2.45, 2.75) is 38.6 Å². The van der Waals surface area contributed by atoms with Crippen LogP contribution in [-0.4, -0.2) is 18.4 Å². The molecule has 0 radical (unpaired) electrons. The molecule has 0 aliphatic heterocycles. The van der Waals surface area contributed by atoms with Gasteiger partial charge in [-0.2, -0.15) is 0 Å². The fourth-order valence-electron chi connectivity index (χ4n) is 3.95. The van der Waals surface area contributed by atoms with Crippen molar-refractivity contribution in [2.24, 2.45) is 5.92 Å². The summed E-state index contributed by atoms with van der Waals surface area (Å²) in [5.74, 6) is 0.767. The molecule has 0 saturated heterocycles. The van der Waals surface area contributed by atoms with Gasteiger partial charge in [0, 0.05) is 25.1 Å². The molecule has 4 rings (SSSR count). The molecule has 1 fully saturated rings. The lowest BCUT2D eigenvalue weighted by atomic mass is 9.94. The van der Waals surface area contributed by atoms with Crippen molar-refractivity contribution in [2.75, 3.05) is 6.54 Å². The lowest BCUT2D eigenvalue weighted by Gasteiger charge is -2.16. The molecular weight excluding hydrogens is 396 g/mol. The van der Waals surface area contributed by atoms with E-state index in [0.29, 0.717) is 24.4 Å². The fourth-order valence-corrected chi connectivity index (χ4v) is 3.95. The molecular formula is C28H30N2O2. The van der Waals surface area contributed by atoms with Gasteiger partial charge in [0.2, 0.25) is 5.91 Å². The van der Waals surface area contributed by atoms with Crippen molar-refractivity contribution in [1.29, 1.82) is 0 Å². The first kappa shape index (κ1) is 21.8. The number of hydrogen-bond acceptors (Lipinski definition) is 2. The van der Waals surface area contributed by atoms with Crippen LogP contribution in [0, 0.1) is 5.92 Å². The van der Waals surface area contributed by atoms with Crippen LogP contribution in [0.5, 0.6) is 0 Å². The zero-order valence-corrected chi connectivity index (χ0v) is 18.5. The van der Waals surface area contributed by atoms with Gasteiger partial charge in [-0.1, -0.05) is 79.7 Å². The van der Waals surface area contributed by atoms with E-state index in [9.17, 15) is 9.59 Å². The van der Waals surface area contributed by atoms with E-state index in [0.717, 1.165) is 28.8 Å². The second kappa shape index (κ2) is 10.3. The molecule has 3 aromatic carbocycles. The van der Waals surface area contributed by atoms with Crippen LogP contribution >= 0.6 is 0 Å². The van der Waals surface area contributed by atoms with E-state index in [2.05, 4.69) is 29.7 Å². The summed E-state index contributed by atoms with van der Waals surface area (Å²) in [5, 5.41) is 6.14. The molecule has 1 aliphatic rings. The maximum absolute atomic E-state index is 12.8. The van der Waals surface area contributed by atoms with Crippen molar-refractivity contribution >= 4 is 11.8 Å². The number of rotatable bonds is 9. The lowest BCUT2D eigenvalue weighted by molar-refractivity contribution is -0.121. The van der Waals surface area contributed by atoms with Gasteiger partial charge in [0.15, 0.2) is 0 Å². The van der Waals surface area contributed by atoms with Gasteiger partial charge in [-0.05, 0) is 53.0 Å². The highest BCUT2D eigenvalue weighted by Gasteiger charge is 2.23. The minimum Gasteiger partial charge on any atom is -0.352 e. The van der Waals surface area contributed by atoms with Gasteiger partial charge in [-0.15, -0.1) is 0 Å². The number of hydrogen-bond donors (Lipinski definition) is 2. The summed E-state index contributed by atoms with van der Waals surface area (Å²) in [5.41, 5.74) is 4.69. The van der Waals surface area contributed by atoms with Crippen LogP contribution in [0.4, 0.5) is 0 Å². The highest BCUT2D eigenvalue weighted by atomic mass is 16.2. The Balaban J connectivity index is 1.45. The monoisotopic (exact) mass is 426 g/mol. The number of amides is 2. The Bertz CT molecular complexity index is 1070. The second-order valence-corrected chi connectivity index (χ2v) is 8.65. The van der Waals surface area contributed by atoms with E-state index >= 15 is 0 Å². The van der Waals surface area contributed by atoms with E-state index in [1.165, 1.54) is 12.8 Å². The summed E-state index contributed by atoms with van der Waals surface area (Å²) in [6.45, 7) is 3.23. The molecule has 0 bridgehead atoms. The third-order valence-electron chi connectivity index (χ3n) is 6.06. The van der Waals surface area contributed by atoms with Crippen LogP contribution in [0.3, 0.4) is 0 Å². The van der Waals surface area contributed by atoms with E-state index in [1.54, 1.807) is 0 Å². The van der Waals surface area contributed by atoms with Crippen molar-refractivity contribution in [3.63, 3.8) is 0 Å². The number of nitrogens with one attached hydrogen (secondary N) is 2. The zero-order chi connectivity index (χ0) is 22.3. The smallest absolute Gasteiger partial charge is 0.251 e. The van der Waals surface area contributed by atoms with Crippen molar-refractivity contribution in [1.82, 2.24) is 10.6 Å². The molecule has 2 amide bonds. The Morgan fingerprint density at radius 3 is 2.25 bits per heavy atom. The average molecular weight is 427 g/mol. The molecule has 0 aromatic heterocycles. The third-order valence-corrected chi connectivity index (χ3v) is 6.06. The van der Waals surface area contributed by atoms with Crippen molar-refractivity contribution in [3.05, 3.63) is 95.6 Å². The molecule has 3 aromatic rings. The maximum Gasteiger partial charge on any atom is 0.251 e. The Morgan fingerprint density at radius 1 is 0.844 bits per heavy atom. The summed E-state index contributed by atoms with van der Waals surface area (Å²) < 4.78 is 0. The first-order valence-electron chi connectivity index (χ1n) is 11.4. The molecule has 4 heteroatoms. The number of benzene rings is 3. The molecule has 0 unspecified atom stereocenters. The number of carbonyl (C=O) groups excluding carboxylic acids is 2. The first-order valence-corrected chi connectivity index (χ1v) is 11.4. The highest BCUT2D eigenvalue weighted by Crippen LogP contribution is 2.29. The van der Waals surface area contributed by atoms with Gasteiger partial charge in [-0.3, -0.25) is 9.59 Å². The molecule has 4 nitrogen and oxygen atoms in total. The minimum absolute atomic E-state index is 0.0200. The van der Waals surface area contributed by atoms with Crippen LogP contribution in [0.2, 0.25) is 0 Å².